The third kappa shape index (κ3) is 4.65. The summed E-state index contributed by atoms with van der Waals surface area (Å²) >= 11 is 3.50. The van der Waals surface area contributed by atoms with E-state index in [2.05, 4.69) is 20.9 Å². The molecule has 5 heteroatoms. The molecule has 21 heavy (non-hydrogen) atoms. The highest BCUT2D eigenvalue weighted by Crippen LogP contribution is 2.19. The number of benzene rings is 1. The fraction of sp³-hybridized carbons (Fsp3) is 0.250. The first-order valence-electron chi connectivity index (χ1n) is 6.63. The molecule has 0 aliphatic rings. The van der Waals surface area contributed by atoms with Crippen LogP contribution in [0.5, 0.6) is 0 Å². The van der Waals surface area contributed by atoms with E-state index in [1.54, 1.807) is 12.4 Å². The molecule has 0 amide bonds. The molecule has 0 aliphatic heterocycles. The van der Waals surface area contributed by atoms with Crippen molar-refractivity contribution >= 4 is 21.9 Å². The Balaban J connectivity index is 2.17. The van der Waals surface area contributed by atoms with E-state index >= 15 is 0 Å². The van der Waals surface area contributed by atoms with Crippen molar-refractivity contribution in [2.75, 3.05) is 6.54 Å². The summed E-state index contributed by atoms with van der Waals surface area (Å²) in [5, 5.41) is 9.11. The number of aryl methyl sites for hydroxylation is 1. The molecule has 0 spiro atoms. The highest BCUT2D eigenvalue weighted by molar-refractivity contribution is 9.10. The lowest BCUT2D eigenvalue weighted by Gasteiger charge is -2.21. The lowest BCUT2D eigenvalue weighted by molar-refractivity contribution is -0.138. The lowest BCUT2D eigenvalue weighted by Crippen LogP contribution is -2.29. The van der Waals surface area contributed by atoms with Crippen LogP contribution in [0.1, 0.15) is 16.7 Å². The van der Waals surface area contributed by atoms with Gasteiger partial charge in [0, 0.05) is 30.0 Å². The quantitative estimate of drug-likeness (QED) is 0.870. The van der Waals surface area contributed by atoms with Crippen molar-refractivity contribution < 1.29 is 9.90 Å². The van der Waals surface area contributed by atoms with Gasteiger partial charge in [-0.3, -0.25) is 14.7 Å². The maximum atomic E-state index is 11.1. The van der Waals surface area contributed by atoms with Gasteiger partial charge >= 0.3 is 5.97 Å². The van der Waals surface area contributed by atoms with Gasteiger partial charge in [-0.2, -0.15) is 0 Å². The van der Waals surface area contributed by atoms with Gasteiger partial charge in [-0.05, 0) is 35.7 Å². The van der Waals surface area contributed by atoms with Crippen LogP contribution in [0, 0.1) is 6.92 Å². The molecule has 0 aliphatic carbocycles. The number of halogens is 1. The third-order valence-corrected chi connectivity index (χ3v) is 4.03. The molecule has 2 rings (SSSR count). The molecule has 0 bridgehead atoms. The van der Waals surface area contributed by atoms with E-state index in [0.717, 1.165) is 21.2 Å². The van der Waals surface area contributed by atoms with Crippen molar-refractivity contribution in [3.63, 3.8) is 0 Å². The van der Waals surface area contributed by atoms with Crippen LogP contribution in [0.4, 0.5) is 0 Å². The van der Waals surface area contributed by atoms with Gasteiger partial charge in [0.1, 0.15) is 0 Å². The summed E-state index contributed by atoms with van der Waals surface area (Å²) in [5.41, 5.74) is 3.23. The van der Waals surface area contributed by atoms with E-state index in [-0.39, 0.29) is 6.54 Å². The molecule has 110 valence electrons. The second-order valence-electron chi connectivity index (χ2n) is 4.93. The van der Waals surface area contributed by atoms with Crippen LogP contribution in [0.15, 0.2) is 47.2 Å². The van der Waals surface area contributed by atoms with E-state index in [9.17, 15) is 4.79 Å². The average Bonchev–Trinajstić information content (AvgIpc) is 2.43. The Morgan fingerprint density at radius 3 is 2.62 bits per heavy atom. The van der Waals surface area contributed by atoms with E-state index in [1.165, 1.54) is 0 Å². The minimum atomic E-state index is -0.830. The molecule has 2 aromatic rings. The van der Waals surface area contributed by atoms with Crippen molar-refractivity contribution in [3.05, 3.63) is 63.9 Å². The largest absolute Gasteiger partial charge is 0.480 e. The zero-order valence-electron chi connectivity index (χ0n) is 11.8. The SMILES string of the molecule is Cc1ccncc1CN(CC(=O)O)Cc1ccccc1Br. The van der Waals surface area contributed by atoms with Gasteiger partial charge in [0.25, 0.3) is 0 Å². The number of carbonyl (C=O) groups is 1. The number of hydrogen-bond acceptors (Lipinski definition) is 3. The molecule has 1 N–H and O–H groups in total. The van der Waals surface area contributed by atoms with Crippen LogP contribution in [0.2, 0.25) is 0 Å². The predicted molar refractivity (Wildman–Crippen MR) is 84.9 cm³/mol. The number of aliphatic carboxylic acids is 1. The summed E-state index contributed by atoms with van der Waals surface area (Å²) < 4.78 is 0.989. The highest BCUT2D eigenvalue weighted by atomic mass is 79.9. The maximum absolute atomic E-state index is 11.1. The average molecular weight is 349 g/mol. The third-order valence-electron chi connectivity index (χ3n) is 3.25. The number of pyridine rings is 1. The summed E-state index contributed by atoms with van der Waals surface area (Å²) in [6.45, 7) is 3.14. The monoisotopic (exact) mass is 348 g/mol. The first kappa shape index (κ1) is 15.7. The molecule has 0 saturated carbocycles. The standard InChI is InChI=1S/C16H17BrN2O2/c1-12-6-7-18-8-14(12)10-19(11-16(20)21)9-13-4-2-3-5-15(13)17/h2-8H,9-11H2,1H3,(H,20,21). The molecule has 0 saturated heterocycles. The fourth-order valence-electron chi connectivity index (χ4n) is 2.13. The van der Waals surface area contributed by atoms with E-state index in [1.807, 2.05) is 42.2 Å². The first-order chi connectivity index (χ1) is 10.1. The number of hydrogen-bond donors (Lipinski definition) is 1. The summed E-state index contributed by atoms with van der Waals surface area (Å²) in [6, 6.07) is 9.79. The van der Waals surface area contributed by atoms with Crippen molar-refractivity contribution in [1.82, 2.24) is 9.88 Å². The molecule has 0 unspecified atom stereocenters. The van der Waals surface area contributed by atoms with Gasteiger partial charge in [-0.1, -0.05) is 34.1 Å². The maximum Gasteiger partial charge on any atom is 0.317 e. The van der Waals surface area contributed by atoms with E-state index < -0.39 is 5.97 Å². The van der Waals surface area contributed by atoms with Crippen LogP contribution in [0.25, 0.3) is 0 Å². The zero-order chi connectivity index (χ0) is 15.2. The topological polar surface area (TPSA) is 53.4 Å². The Morgan fingerprint density at radius 2 is 1.95 bits per heavy atom. The van der Waals surface area contributed by atoms with Crippen molar-refractivity contribution in [3.8, 4) is 0 Å². The summed E-state index contributed by atoms with van der Waals surface area (Å²) in [6.07, 6.45) is 3.54. The van der Waals surface area contributed by atoms with E-state index in [0.29, 0.717) is 13.1 Å². The Hall–Kier alpha value is -1.72. The number of carboxylic acid groups (broad SMARTS) is 1. The van der Waals surface area contributed by atoms with Crippen LogP contribution in [-0.4, -0.2) is 27.5 Å². The minimum Gasteiger partial charge on any atom is -0.480 e. The highest BCUT2D eigenvalue weighted by Gasteiger charge is 2.13. The van der Waals surface area contributed by atoms with Crippen LogP contribution in [0.3, 0.4) is 0 Å². The number of carboxylic acids is 1. The summed E-state index contributed by atoms with van der Waals surface area (Å²) in [4.78, 5) is 17.1. The van der Waals surface area contributed by atoms with Crippen molar-refractivity contribution in [1.29, 1.82) is 0 Å². The summed E-state index contributed by atoms with van der Waals surface area (Å²) in [7, 11) is 0. The van der Waals surface area contributed by atoms with Crippen molar-refractivity contribution in [2.24, 2.45) is 0 Å². The first-order valence-corrected chi connectivity index (χ1v) is 7.42. The molecule has 0 fully saturated rings. The van der Waals surface area contributed by atoms with E-state index in [4.69, 9.17) is 5.11 Å². The smallest absolute Gasteiger partial charge is 0.317 e. The molecule has 0 radical (unpaired) electrons. The molecular weight excluding hydrogens is 332 g/mol. The minimum absolute atomic E-state index is 0.00430. The summed E-state index contributed by atoms with van der Waals surface area (Å²) in [5.74, 6) is -0.830. The number of aromatic nitrogens is 1. The molecule has 1 aromatic heterocycles. The molecular formula is C16H17BrN2O2. The van der Waals surface area contributed by atoms with Gasteiger partial charge in [0.05, 0.1) is 6.54 Å². The normalized spacial score (nSPS) is 10.8. The predicted octanol–water partition coefficient (Wildman–Crippen LogP) is 3.24. The zero-order valence-corrected chi connectivity index (χ0v) is 13.4. The van der Waals surface area contributed by atoms with Crippen molar-refractivity contribution in [2.45, 2.75) is 20.0 Å². The molecule has 4 nitrogen and oxygen atoms in total. The molecule has 1 heterocycles. The lowest BCUT2D eigenvalue weighted by atomic mass is 10.1. The van der Waals surface area contributed by atoms with Crippen LogP contribution < -0.4 is 0 Å². The number of nitrogens with zero attached hydrogens (tertiary/aromatic N) is 2. The van der Waals surface area contributed by atoms with Gasteiger partial charge < -0.3 is 5.11 Å². The molecule has 1 aromatic carbocycles. The van der Waals surface area contributed by atoms with Gasteiger partial charge in [-0.15, -0.1) is 0 Å². The van der Waals surface area contributed by atoms with Gasteiger partial charge in [0.15, 0.2) is 0 Å². The second-order valence-corrected chi connectivity index (χ2v) is 5.79. The Kier molecular flexibility index (Phi) is 5.47. The van der Waals surface area contributed by atoms with Crippen LogP contribution in [-0.2, 0) is 17.9 Å². The van der Waals surface area contributed by atoms with Gasteiger partial charge in [0.2, 0.25) is 0 Å². The fourth-order valence-corrected chi connectivity index (χ4v) is 2.54. The Morgan fingerprint density at radius 1 is 1.24 bits per heavy atom. The van der Waals surface area contributed by atoms with Crippen LogP contribution >= 0.6 is 15.9 Å². The Labute approximate surface area is 132 Å². The van der Waals surface area contributed by atoms with Gasteiger partial charge in [-0.25, -0.2) is 0 Å². The molecule has 0 atom stereocenters. The second kappa shape index (κ2) is 7.33. The number of rotatable bonds is 6. The Bertz CT molecular complexity index is 584.